The van der Waals surface area contributed by atoms with Crippen molar-refractivity contribution in [3.8, 4) is 0 Å². The zero-order valence-electron chi connectivity index (χ0n) is 32.3. The molecule has 0 radical (unpaired) electrons. The minimum atomic E-state index is -0.351. The van der Waals surface area contributed by atoms with E-state index in [1.165, 1.54) is 0 Å². The predicted molar refractivity (Wildman–Crippen MR) is 212 cm³/mol. The Balaban J connectivity index is 0.000000172. The lowest BCUT2D eigenvalue weighted by Gasteiger charge is -2.14. The molecule has 3 heterocycles. The maximum atomic E-state index is 11.8. The molecule has 2 aromatic carbocycles. The molecule has 2 saturated carbocycles. The van der Waals surface area contributed by atoms with Crippen molar-refractivity contribution in [2.24, 2.45) is 0 Å². The third-order valence-electron chi connectivity index (χ3n) is 10.5. The van der Waals surface area contributed by atoms with Gasteiger partial charge in [0.25, 0.3) is 0 Å². The van der Waals surface area contributed by atoms with E-state index >= 15 is 0 Å². The third kappa shape index (κ3) is 9.86. The van der Waals surface area contributed by atoms with Crippen LogP contribution in [-0.4, -0.2) is 68.6 Å². The van der Waals surface area contributed by atoms with Crippen LogP contribution in [-0.2, 0) is 38.3 Å². The molecule has 3 aliphatic carbocycles. The smallest absolute Gasteiger partial charge is 0.407 e. The van der Waals surface area contributed by atoms with Crippen molar-refractivity contribution in [3.63, 3.8) is 0 Å². The van der Waals surface area contributed by atoms with Crippen molar-refractivity contribution in [3.05, 3.63) is 76.6 Å². The van der Waals surface area contributed by atoms with Crippen LogP contribution in [0.4, 0.5) is 38.3 Å². The molecule has 1 aliphatic heterocycles. The molecule has 0 bridgehead atoms. The van der Waals surface area contributed by atoms with Crippen LogP contribution in [0.3, 0.4) is 0 Å². The highest BCUT2D eigenvalue weighted by molar-refractivity contribution is 5.99. The molecule has 2 aromatic heterocycles. The van der Waals surface area contributed by atoms with Crippen LogP contribution in [0.15, 0.2) is 48.5 Å². The van der Waals surface area contributed by atoms with Gasteiger partial charge in [0.1, 0.15) is 18.0 Å². The summed E-state index contributed by atoms with van der Waals surface area (Å²) in [6.07, 6.45) is 5.88. The first-order valence-corrected chi connectivity index (χ1v) is 19.6. The molecule has 3 amide bonds. The number of H-pyrrole nitrogens is 2. The maximum absolute atomic E-state index is 11.8. The second-order valence-corrected chi connectivity index (χ2v) is 15.8. The number of amides is 3. The van der Waals surface area contributed by atoms with Crippen LogP contribution in [0, 0.1) is 0 Å². The summed E-state index contributed by atoms with van der Waals surface area (Å²) in [5, 5.41) is 29.9. The first-order chi connectivity index (χ1) is 26.9. The highest BCUT2D eigenvalue weighted by Gasteiger charge is 2.31. The van der Waals surface area contributed by atoms with Gasteiger partial charge in [-0.3, -0.25) is 19.8 Å². The van der Waals surface area contributed by atoms with Crippen LogP contribution in [0.25, 0.3) is 0 Å². The topological polar surface area (TPSA) is 204 Å². The summed E-state index contributed by atoms with van der Waals surface area (Å²) in [6, 6.07) is 16.0. The van der Waals surface area contributed by atoms with E-state index in [9.17, 15) is 19.2 Å². The average molecular weight is 766 g/mol. The molecule has 0 saturated heterocycles. The molecule has 56 heavy (non-hydrogen) atoms. The summed E-state index contributed by atoms with van der Waals surface area (Å²) in [7, 11) is 0. The van der Waals surface area contributed by atoms with Crippen molar-refractivity contribution in [1.82, 2.24) is 31.0 Å². The van der Waals surface area contributed by atoms with Gasteiger partial charge in [-0.15, -0.1) is 0 Å². The van der Waals surface area contributed by atoms with E-state index in [1.54, 1.807) is 0 Å². The number of carbonyl (C=O) groups is 4. The summed E-state index contributed by atoms with van der Waals surface area (Å²) in [4.78, 5) is 46.6. The number of carbonyl (C=O) groups excluding carboxylic acids is 4. The molecule has 15 heteroatoms. The first-order valence-electron chi connectivity index (χ1n) is 19.6. The van der Waals surface area contributed by atoms with Crippen molar-refractivity contribution >= 4 is 52.6 Å². The molecule has 15 nitrogen and oxygen atoms in total. The van der Waals surface area contributed by atoms with Gasteiger partial charge in [0.05, 0.1) is 6.42 Å². The Morgan fingerprint density at radius 3 is 1.73 bits per heavy atom. The summed E-state index contributed by atoms with van der Waals surface area (Å²) >= 11 is 0. The van der Waals surface area contributed by atoms with Gasteiger partial charge in [0.15, 0.2) is 11.6 Å². The number of ketones is 1. The summed E-state index contributed by atoms with van der Waals surface area (Å²) in [5.74, 6) is 2.36. The SMILES string of the molecule is CC(C)NC(=O)O[C@@H]1CC[C@H](c2cc(Nc3ccc4c(c3)CC(=O)C4)n[nH]2)C1.CC(C)NC(=O)O[C@@H]1CC[C@H](c2cc(Nc3ccc4c(c3)NC(=O)C4)n[nH]2)C1. The number of benzene rings is 2. The molecular formula is C41H51N9O6. The normalized spacial score (nSPS) is 20.9. The van der Waals surface area contributed by atoms with Gasteiger partial charge in [0, 0.05) is 77.3 Å². The maximum Gasteiger partial charge on any atom is 0.407 e. The van der Waals surface area contributed by atoms with Gasteiger partial charge in [-0.1, -0.05) is 12.1 Å². The number of alkyl carbamates (subject to hydrolysis) is 2. The standard InChI is InChI=1S/C21H26N4O3.C20H25N5O3/c1-12(2)22-21(27)28-18-6-4-14(10-18)19-11-20(25-24-19)23-16-5-3-13-8-17(26)9-15(13)7-16;1-11(2)21-20(27)28-15-6-4-12(7-15)17-10-18(25-24-17)22-14-5-3-13-8-19(26)23-16(13)9-14/h3,5,7,11-12,14,18H,4,6,8-10H2,1-2H3,(H,22,27)(H2,23,24,25);3,5,9-12,15H,4,6-8H2,1-2H3,(H,21,27)(H,23,26)(H2,22,24,25)/t14-,18+;12-,15+/m00/s1. The number of aromatic amines is 2. The van der Waals surface area contributed by atoms with Gasteiger partial charge in [0.2, 0.25) is 5.91 Å². The molecule has 7 N–H and O–H groups in total. The van der Waals surface area contributed by atoms with E-state index in [1.807, 2.05) is 76.2 Å². The minimum Gasteiger partial charge on any atom is -0.446 e. The van der Waals surface area contributed by atoms with Crippen LogP contribution in [0.2, 0.25) is 0 Å². The molecular weight excluding hydrogens is 715 g/mol. The van der Waals surface area contributed by atoms with E-state index < -0.39 is 0 Å². The number of Topliss-reactive ketones (excluding diaryl/α,β-unsaturated/α-hetero) is 1. The van der Waals surface area contributed by atoms with Crippen LogP contribution < -0.4 is 26.6 Å². The number of nitrogens with zero attached hydrogens (tertiary/aromatic N) is 2. The zero-order chi connectivity index (χ0) is 39.3. The average Bonchev–Trinajstić information content (AvgIpc) is 3.97. The number of aromatic nitrogens is 4. The Kier molecular flexibility index (Phi) is 11.6. The molecule has 8 rings (SSSR count). The van der Waals surface area contributed by atoms with Crippen molar-refractivity contribution < 1.29 is 28.7 Å². The number of rotatable bonds is 10. The van der Waals surface area contributed by atoms with E-state index in [0.29, 0.717) is 31.1 Å². The second kappa shape index (κ2) is 16.9. The quantitative estimate of drug-likeness (QED) is 0.0880. The zero-order valence-corrected chi connectivity index (χ0v) is 32.3. The van der Waals surface area contributed by atoms with Crippen molar-refractivity contribution in [2.45, 2.75) is 122 Å². The van der Waals surface area contributed by atoms with Gasteiger partial charge in [-0.05, 0) is 107 Å². The highest BCUT2D eigenvalue weighted by atomic mass is 16.6. The van der Waals surface area contributed by atoms with Crippen LogP contribution in [0.5, 0.6) is 0 Å². The Bertz CT molecular complexity index is 1930. The van der Waals surface area contributed by atoms with Gasteiger partial charge in [-0.2, -0.15) is 10.2 Å². The number of hydrogen-bond acceptors (Lipinski definition) is 10. The summed E-state index contributed by atoms with van der Waals surface area (Å²) in [5.41, 5.74) is 7.97. The lowest BCUT2D eigenvalue weighted by atomic mass is 10.0. The Hall–Kier alpha value is -5.86. The lowest BCUT2D eigenvalue weighted by molar-refractivity contribution is -0.117. The van der Waals surface area contributed by atoms with Crippen molar-refractivity contribution in [2.75, 3.05) is 16.0 Å². The van der Waals surface area contributed by atoms with E-state index in [-0.39, 0.29) is 48.2 Å². The molecule has 4 aliphatic rings. The Morgan fingerprint density at radius 1 is 0.661 bits per heavy atom. The molecule has 4 aromatic rings. The van der Waals surface area contributed by atoms with Gasteiger partial charge < -0.3 is 36.1 Å². The fourth-order valence-corrected chi connectivity index (χ4v) is 7.84. The fourth-order valence-electron chi connectivity index (χ4n) is 7.84. The van der Waals surface area contributed by atoms with Crippen LogP contribution >= 0.6 is 0 Å². The third-order valence-corrected chi connectivity index (χ3v) is 10.5. The lowest BCUT2D eigenvalue weighted by Crippen LogP contribution is -2.33. The first kappa shape index (κ1) is 38.4. The number of anilines is 5. The number of ether oxygens (including phenoxy) is 2. The van der Waals surface area contributed by atoms with E-state index in [0.717, 1.165) is 95.3 Å². The number of fused-ring (bicyclic) bond motifs is 2. The van der Waals surface area contributed by atoms with Crippen molar-refractivity contribution in [1.29, 1.82) is 0 Å². The summed E-state index contributed by atoms with van der Waals surface area (Å²) < 4.78 is 11.0. The number of hydrogen-bond donors (Lipinski definition) is 7. The van der Waals surface area contributed by atoms with Gasteiger partial charge in [-0.25, -0.2) is 9.59 Å². The predicted octanol–water partition coefficient (Wildman–Crippen LogP) is 7.01. The second-order valence-electron chi connectivity index (χ2n) is 15.8. The molecule has 296 valence electrons. The van der Waals surface area contributed by atoms with E-state index in [2.05, 4.69) is 47.0 Å². The van der Waals surface area contributed by atoms with Gasteiger partial charge >= 0.3 is 12.2 Å². The molecule has 4 atom stereocenters. The number of nitrogens with one attached hydrogen (secondary N) is 7. The summed E-state index contributed by atoms with van der Waals surface area (Å²) in [6.45, 7) is 7.65. The minimum absolute atomic E-state index is 0.0225. The molecule has 2 fully saturated rings. The molecule has 0 spiro atoms. The molecule has 0 unspecified atom stereocenters. The fraction of sp³-hybridized carbons (Fsp3) is 0.463. The van der Waals surface area contributed by atoms with E-state index in [4.69, 9.17) is 9.47 Å². The highest BCUT2D eigenvalue weighted by Crippen LogP contribution is 2.38. The van der Waals surface area contributed by atoms with Crippen LogP contribution in [0.1, 0.15) is 106 Å². The monoisotopic (exact) mass is 765 g/mol. The largest absolute Gasteiger partial charge is 0.446 e. The Labute approximate surface area is 325 Å². The Morgan fingerprint density at radius 2 is 1.18 bits per heavy atom.